The van der Waals surface area contributed by atoms with Crippen molar-refractivity contribution in [2.75, 3.05) is 56.7 Å². The predicted octanol–water partition coefficient (Wildman–Crippen LogP) is 5.00. The van der Waals surface area contributed by atoms with Gasteiger partial charge in [0, 0.05) is 44.0 Å². The Balaban J connectivity index is 1.34. The first-order chi connectivity index (χ1) is 18.3. The third-order valence-electron chi connectivity index (χ3n) is 8.09. The number of benzene rings is 1. The van der Waals surface area contributed by atoms with E-state index in [4.69, 9.17) is 9.47 Å². The summed E-state index contributed by atoms with van der Waals surface area (Å²) in [6.07, 6.45) is 7.92. The molecule has 1 amide bonds. The Labute approximate surface area is 225 Å². The number of hydrogen-bond donors (Lipinski definition) is 0. The fraction of sp³-hybridized carbons (Fsp3) is 0.500. The summed E-state index contributed by atoms with van der Waals surface area (Å²) in [6, 6.07) is 8.11. The number of ether oxygens (including phenoxy) is 2. The smallest absolute Gasteiger partial charge is 0.213 e. The number of piperidine rings is 1. The number of likely N-dealkylation sites (tertiary alicyclic amines) is 1. The number of carbonyl (C=O) groups is 1. The fourth-order valence-corrected chi connectivity index (χ4v) is 5.29. The molecule has 3 aromatic rings. The molecule has 1 aromatic carbocycles. The normalized spacial score (nSPS) is 19.1. The van der Waals surface area contributed by atoms with E-state index in [1.54, 1.807) is 18.1 Å². The molecule has 1 fully saturated rings. The molecule has 0 N–H and O–H groups in total. The highest BCUT2D eigenvalue weighted by Crippen LogP contribution is 2.46. The molecule has 0 saturated carbocycles. The van der Waals surface area contributed by atoms with Gasteiger partial charge in [-0.3, -0.25) is 9.78 Å². The number of pyridine rings is 2. The lowest BCUT2D eigenvalue weighted by molar-refractivity contribution is -0.107. The van der Waals surface area contributed by atoms with Crippen LogP contribution in [0.25, 0.3) is 22.0 Å². The SMILES string of the molecule is C[C@H]1COc2c(-c3ccc(OCCCN4CCC(C)(C)CC4)nc3)ccc3ncc(N(C)C=O)c(c23)N1C. The minimum atomic E-state index is 0.116. The average molecular weight is 518 g/mol. The summed E-state index contributed by atoms with van der Waals surface area (Å²) < 4.78 is 12.3. The van der Waals surface area contributed by atoms with E-state index in [9.17, 15) is 4.79 Å². The van der Waals surface area contributed by atoms with Crippen molar-refractivity contribution >= 4 is 28.7 Å². The Kier molecular flexibility index (Phi) is 7.43. The number of hydrogen-bond acceptors (Lipinski definition) is 7. The molecule has 2 aliphatic rings. The van der Waals surface area contributed by atoms with Gasteiger partial charge in [0.25, 0.3) is 0 Å². The molecule has 38 heavy (non-hydrogen) atoms. The topological polar surface area (TPSA) is 71.0 Å². The second-order valence-electron chi connectivity index (χ2n) is 11.4. The maximum Gasteiger partial charge on any atom is 0.213 e. The van der Waals surface area contributed by atoms with Crippen molar-refractivity contribution in [3.63, 3.8) is 0 Å². The van der Waals surface area contributed by atoms with E-state index in [1.807, 2.05) is 37.5 Å². The number of rotatable bonds is 8. The average Bonchev–Trinajstić information content (AvgIpc) is 3.05. The third kappa shape index (κ3) is 5.27. The Morgan fingerprint density at radius 1 is 1.16 bits per heavy atom. The minimum Gasteiger partial charge on any atom is -0.490 e. The summed E-state index contributed by atoms with van der Waals surface area (Å²) >= 11 is 0. The van der Waals surface area contributed by atoms with E-state index in [0.29, 0.717) is 24.5 Å². The zero-order valence-electron chi connectivity index (χ0n) is 23.2. The molecule has 2 aromatic heterocycles. The summed E-state index contributed by atoms with van der Waals surface area (Å²) in [5, 5.41) is 0.905. The van der Waals surface area contributed by atoms with Crippen LogP contribution in [0.2, 0.25) is 0 Å². The summed E-state index contributed by atoms with van der Waals surface area (Å²) in [4.78, 5) is 27.1. The van der Waals surface area contributed by atoms with Crippen LogP contribution in [0.5, 0.6) is 11.6 Å². The molecule has 0 bridgehead atoms. The molecule has 0 unspecified atom stereocenters. The number of carbonyl (C=O) groups excluding carboxylic acids is 1. The lowest BCUT2D eigenvalue weighted by Gasteiger charge is -2.36. The first-order valence-electron chi connectivity index (χ1n) is 13.6. The third-order valence-corrected chi connectivity index (χ3v) is 8.09. The molecular weight excluding hydrogens is 478 g/mol. The van der Waals surface area contributed by atoms with Gasteiger partial charge in [-0.15, -0.1) is 0 Å². The second kappa shape index (κ2) is 10.8. The maximum atomic E-state index is 11.6. The molecule has 5 rings (SSSR count). The van der Waals surface area contributed by atoms with Crippen LogP contribution in [0.3, 0.4) is 0 Å². The van der Waals surface area contributed by atoms with Crippen LogP contribution < -0.4 is 19.3 Å². The molecule has 8 heteroatoms. The molecule has 2 aliphatic heterocycles. The van der Waals surface area contributed by atoms with Gasteiger partial charge >= 0.3 is 0 Å². The lowest BCUT2D eigenvalue weighted by Crippen LogP contribution is -2.38. The zero-order chi connectivity index (χ0) is 26.9. The maximum absolute atomic E-state index is 11.6. The van der Waals surface area contributed by atoms with Gasteiger partial charge < -0.3 is 24.2 Å². The largest absolute Gasteiger partial charge is 0.490 e. The van der Waals surface area contributed by atoms with Crippen molar-refractivity contribution in [2.45, 2.75) is 46.1 Å². The summed E-state index contributed by atoms with van der Waals surface area (Å²) in [5.74, 6) is 1.40. The van der Waals surface area contributed by atoms with Crippen LogP contribution in [-0.2, 0) is 4.79 Å². The lowest BCUT2D eigenvalue weighted by atomic mass is 9.83. The van der Waals surface area contributed by atoms with Crippen LogP contribution >= 0.6 is 0 Å². The van der Waals surface area contributed by atoms with Crippen molar-refractivity contribution in [3.8, 4) is 22.8 Å². The van der Waals surface area contributed by atoms with E-state index < -0.39 is 0 Å². The van der Waals surface area contributed by atoms with E-state index in [-0.39, 0.29) is 6.04 Å². The van der Waals surface area contributed by atoms with Gasteiger partial charge in [0.2, 0.25) is 12.3 Å². The Morgan fingerprint density at radius 2 is 1.95 bits per heavy atom. The van der Waals surface area contributed by atoms with Gasteiger partial charge in [-0.25, -0.2) is 4.98 Å². The van der Waals surface area contributed by atoms with Gasteiger partial charge in [0.05, 0.1) is 41.1 Å². The summed E-state index contributed by atoms with van der Waals surface area (Å²) in [7, 11) is 3.78. The van der Waals surface area contributed by atoms with E-state index in [0.717, 1.165) is 58.5 Å². The highest BCUT2D eigenvalue weighted by atomic mass is 16.5. The van der Waals surface area contributed by atoms with Gasteiger partial charge in [0.15, 0.2) is 0 Å². The highest BCUT2D eigenvalue weighted by Gasteiger charge is 2.28. The molecule has 202 valence electrons. The van der Waals surface area contributed by atoms with Crippen molar-refractivity contribution in [1.82, 2.24) is 14.9 Å². The van der Waals surface area contributed by atoms with E-state index >= 15 is 0 Å². The number of likely N-dealkylation sites (N-methyl/N-ethyl adjacent to an activating group) is 1. The predicted molar refractivity (Wildman–Crippen MR) is 152 cm³/mol. The Hall–Kier alpha value is -3.39. The molecule has 8 nitrogen and oxygen atoms in total. The zero-order valence-corrected chi connectivity index (χ0v) is 23.2. The first kappa shape index (κ1) is 26.2. The van der Waals surface area contributed by atoms with Crippen molar-refractivity contribution < 1.29 is 14.3 Å². The number of nitrogens with zero attached hydrogens (tertiary/aromatic N) is 5. The van der Waals surface area contributed by atoms with Gasteiger partial charge in [-0.05, 0) is 62.9 Å². The van der Waals surface area contributed by atoms with Crippen LogP contribution in [0, 0.1) is 5.41 Å². The molecule has 0 aliphatic carbocycles. The molecule has 1 saturated heterocycles. The monoisotopic (exact) mass is 517 g/mol. The second-order valence-corrected chi connectivity index (χ2v) is 11.4. The highest BCUT2D eigenvalue weighted by molar-refractivity contribution is 6.07. The van der Waals surface area contributed by atoms with Crippen molar-refractivity contribution in [2.24, 2.45) is 5.41 Å². The number of anilines is 2. The first-order valence-corrected chi connectivity index (χ1v) is 13.6. The summed E-state index contributed by atoms with van der Waals surface area (Å²) in [5.41, 5.74) is 4.89. The van der Waals surface area contributed by atoms with Crippen LogP contribution in [0.15, 0.2) is 36.7 Å². The van der Waals surface area contributed by atoms with Crippen molar-refractivity contribution in [3.05, 3.63) is 36.7 Å². The summed E-state index contributed by atoms with van der Waals surface area (Å²) in [6.45, 7) is 11.4. The van der Waals surface area contributed by atoms with Crippen LogP contribution in [0.4, 0.5) is 11.4 Å². The Morgan fingerprint density at radius 3 is 2.66 bits per heavy atom. The van der Waals surface area contributed by atoms with E-state index in [2.05, 4.69) is 40.5 Å². The fourth-order valence-electron chi connectivity index (χ4n) is 5.29. The van der Waals surface area contributed by atoms with Gasteiger partial charge in [0.1, 0.15) is 12.4 Å². The molecule has 1 atom stereocenters. The van der Waals surface area contributed by atoms with Crippen molar-refractivity contribution in [1.29, 1.82) is 0 Å². The number of amides is 1. The van der Waals surface area contributed by atoms with E-state index in [1.165, 1.54) is 25.9 Å². The molecule has 4 heterocycles. The van der Waals surface area contributed by atoms with Crippen LogP contribution in [0.1, 0.15) is 40.0 Å². The molecule has 0 spiro atoms. The quantitative estimate of drug-likeness (QED) is 0.308. The minimum absolute atomic E-state index is 0.116. The van der Waals surface area contributed by atoms with Gasteiger partial charge in [-0.1, -0.05) is 13.8 Å². The molecule has 0 radical (unpaired) electrons. The number of aromatic nitrogens is 2. The standard InChI is InChI=1S/C30H39N5O3/c1-21-19-38-29-23(8-9-24-27(29)28(34(21)5)25(18-31-24)33(4)20-36)22-7-10-26(32-17-22)37-16-6-13-35-14-11-30(2,3)12-15-35/h7-10,17-18,20-21H,6,11-16,19H2,1-5H3/t21-/m0/s1. The van der Waals surface area contributed by atoms with Gasteiger partial charge in [-0.2, -0.15) is 0 Å². The van der Waals surface area contributed by atoms with Crippen LogP contribution in [-0.4, -0.2) is 74.3 Å². The Bertz CT molecular complexity index is 1280. The molecular formula is C30H39N5O3.